The highest BCUT2D eigenvalue weighted by molar-refractivity contribution is 5.03. The van der Waals surface area contributed by atoms with Gasteiger partial charge in [0.25, 0.3) is 0 Å². The third-order valence-corrected chi connectivity index (χ3v) is 1.51. The Balaban J connectivity index is 2.29. The number of nitrogens with zero attached hydrogens (tertiary/aromatic N) is 2. The van der Waals surface area contributed by atoms with E-state index in [2.05, 4.69) is 17.0 Å². The molecule has 3 nitrogen and oxygen atoms in total. The van der Waals surface area contributed by atoms with Gasteiger partial charge < -0.3 is 5.32 Å². The molecule has 0 saturated carbocycles. The summed E-state index contributed by atoms with van der Waals surface area (Å²) < 4.78 is 1.80. The summed E-state index contributed by atoms with van der Waals surface area (Å²) in [5, 5.41) is 7.33. The molecular weight excluding hydrogens is 150 g/mol. The SMILES string of the molecule is C=C(C)CNCc1cnn(C)c1. The summed E-state index contributed by atoms with van der Waals surface area (Å²) in [6.07, 6.45) is 3.87. The zero-order valence-electron chi connectivity index (χ0n) is 7.67. The first kappa shape index (κ1) is 9.00. The molecular formula is C9H15N3. The minimum atomic E-state index is 0.862. The van der Waals surface area contributed by atoms with Crippen molar-refractivity contribution in [1.29, 1.82) is 0 Å². The van der Waals surface area contributed by atoms with Gasteiger partial charge in [-0.25, -0.2) is 0 Å². The fourth-order valence-corrected chi connectivity index (χ4v) is 0.983. The van der Waals surface area contributed by atoms with E-state index in [1.54, 1.807) is 4.68 Å². The first-order chi connectivity index (χ1) is 5.68. The molecule has 0 spiro atoms. The quantitative estimate of drug-likeness (QED) is 0.677. The lowest BCUT2D eigenvalue weighted by atomic mass is 10.3. The number of nitrogens with one attached hydrogen (secondary N) is 1. The average Bonchev–Trinajstić information content (AvgIpc) is 2.35. The summed E-state index contributed by atoms with van der Waals surface area (Å²) in [5.74, 6) is 0. The number of aryl methyl sites for hydroxylation is 1. The normalized spacial score (nSPS) is 10.2. The average molecular weight is 165 g/mol. The van der Waals surface area contributed by atoms with E-state index in [-0.39, 0.29) is 0 Å². The van der Waals surface area contributed by atoms with Crippen LogP contribution < -0.4 is 5.32 Å². The van der Waals surface area contributed by atoms with E-state index in [0.717, 1.165) is 18.7 Å². The van der Waals surface area contributed by atoms with Crippen LogP contribution in [0.4, 0.5) is 0 Å². The van der Waals surface area contributed by atoms with Crippen LogP contribution in [0, 0.1) is 0 Å². The molecule has 1 aromatic heterocycles. The minimum absolute atomic E-state index is 0.862. The molecule has 0 aromatic carbocycles. The van der Waals surface area contributed by atoms with Crippen molar-refractivity contribution < 1.29 is 0 Å². The zero-order chi connectivity index (χ0) is 8.97. The second-order valence-electron chi connectivity index (χ2n) is 3.08. The van der Waals surface area contributed by atoms with Crippen molar-refractivity contribution in [2.45, 2.75) is 13.5 Å². The highest BCUT2D eigenvalue weighted by Gasteiger charge is 1.94. The van der Waals surface area contributed by atoms with Crippen LogP contribution in [0.25, 0.3) is 0 Å². The van der Waals surface area contributed by atoms with E-state index >= 15 is 0 Å². The van der Waals surface area contributed by atoms with Crippen molar-refractivity contribution in [3.63, 3.8) is 0 Å². The first-order valence-electron chi connectivity index (χ1n) is 4.01. The van der Waals surface area contributed by atoms with Gasteiger partial charge in [0.05, 0.1) is 6.20 Å². The van der Waals surface area contributed by atoms with Crippen molar-refractivity contribution in [2.24, 2.45) is 7.05 Å². The van der Waals surface area contributed by atoms with Crippen molar-refractivity contribution in [3.05, 3.63) is 30.1 Å². The molecule has 0 aliphatic rings. The lowest BCUT2D eigenvalue weighted by Gasteiger charge is -2.00. The molecule has 0 atom stereocenters. The molecule has 12 heavy (non-hydrogen) atoms. The molecule has 1 heterocycles. The lowest BCUT2D eigenvalue weighted by molar-refractivity contribution is 0.736. The Morgan fingerprint density at radius 3 is 3.00 bits per heavy atom. The van der Waals surface area contributed by atoms with Crippen LogP contribution in [-0.4, -0.2) is 16.3 Å². The van der Waals surface area contributed by atoms with Crippen LogP contribution in [0.5, 0.6) is 0 Å². The van der Waals surface area contributed by atoms with Crippen molar-refractivity contribution >= 4 is 0 Å². The van der Waals surface area contributed by atoms with Crippen LogP contribution in [-0.2, 0) is 13.6 Å². The Kier molecular flexibility index (Phi) is 3.05. The van der Waals surface area contributed by atoms with E-state index in [0.29, 0.717) is 0 Å². The van der Waals surface area contributed by atoms with Gasteiger partial charge in [0.2, 0.25) is 0 Å². The van der Waals surface area contributed by atoms with Gasteiger partial charge in [-0.05, 0) is 6.92 Å². The van der Waals surface area contributed by atoms with Crippen molar-refractivity contribution in [2.75, 3.05) is 6.54 Å². The molecule has 0 fully saturated rings. The summed E-state index contributed by atoms with van der Waals surface area (Å²) in [6.45, 7) is 7.55. The lowest BCUT2D eigenvalue weighted by Crippen LogP contribution is -2.14. The van der Waals surface area contributed by atoms with Gasteiger partial charge >= 0.3 is 0 Å². The predicted molar refractivity (Wildman–Crippen MR) is 49.7 cm³/mol. The Morgan fingerprint density at radius 2 is 2.50 bits per heavy atom. The molecule has 1 rings (SSSR count). The maximum atomic E-state index is 4.07. The fourth-order valence-electron chi connectivity index (χ4n) is 0.983. The maximum Gasteiger partial charge on any atom is 0.0534 e. The molecule has 0 aliphatic heterocycles. The van der Waals surface area contributed by atoms with Gasteiger partial charge in [-0.3, -0.25) is 4.68 Å². The zero-order valence-corrected chi connectivity index (χ0v) is 7.67. The first-order valence-corrected chi connectivity index (χ1v) is 4.01. The number of aromatic nitrogens is 2. The van der Waals surface area contributed by atoms with Crippen molar-refractivity contribution in [1.82, 2.24) is 15.1 Å². The second kappa shape index (κ2) is 4.07. The maximum absolute atomic E-state index is 4.07. The summed E-state index contributed by atoms with van der Waals surface area (Å²) in [6, 6.07) is 0. The predicted octanol–water partition coefficient (Wildman–Crippen LogP) is 1.09. The van der Waals surface area contributed by atoms with Crippen LogP contribution in [0.1, 0.15) is 12.5 Å². The summed E-state index contributed by atoms with van der Waals surface area (Å²) in [5.41, 5.74) is 2.36. The second-order valence-corrected chi connectivity index (χ2v) is 3.08. The number of hydrogen-bond acceptors (Lipinski definition) is 2. The topological polar surface area (TPSA) is 29.9 Å². The molecule has 0 unspecified atom stereocenters. The van der Waals surface area contributed by atoms with Crippen molar-refractivity contribution in [3.8, 4) is 0 Å². The van der Waals surface area contributed by atoms with Gasteiger partial charge in [-0.2, -0.15) is 5.10 Å². The third-order valence-electron chi connectivity index (χ3n) is 1.51. The Bertz CT molecular complexity index is 262. The van der Waals surface area contributed by atoms with E-state index < -0.39 is 0 Å². The summed E-state index contributed by atoms with van der Waals surface area (Å²) >= 11 is 0. The highest BCUT2D eigenvalue weighted by atomic mass is 15.2. The van der Waals surface area contributed by atoms with Crippen LogP contribution in [0.3, 0.4) is 0 Å². The smallest absolute Gasteiger partial charge is 0.0534 e. The molecule has 0 bridgehead atoms. The standard InChI is InChI=1S/C9H15N3/c1-8(2)4-10-5-9-6-11-12(3)7-9/h6-7,10H,1,4-5H2,2-3H3. The summed E-state index contributed by atoms with van der Waals surface area (Å²) in [7, 11) is 1.92. The van der Waals surface area contributed by atoms with E-state index in [1.807, 2.05) is 26.4 Å². The largest absolute Gasteiger partial charge is 0.309 e. The monoisotopic (exact) mass is 165 g/mol. The minimum Gasteiger partial charge on any atom is -0.309 e. The van der Waals surface area contributed by atoms with Gasteiger partial charge in [-0.1, -0.05) is 12.2 Å². The highest BCUT2D eigenvalue weighted by Crippen LogP contribution is 1.95. The molecule has 0 radical (unpaired) electrons. The molecule has 0 amide bonds. The molecule has 0 saturated heterocycles. The van der Waals surface area contributed by atoms with Gasteiger partial charge in [0.15, 0.2) is 0 Å². The van der Waals surface area contributed by atoms with E-state index in [4.69, 9.17) is 0 Å². The van der Waals surface area contributed by atoms with Crippen LogP contribution in [0.15, 0.2) is 24.5 Å². The molecule has 3 heteroatoms. The molecule has 1 N–H and O–H groups in total. The molecule has 0 aliphatic carbocycles. The molecule has 1 aromatic rings. The van der Waals surface area contributed by atoms with Gasteiger partial charge in [0.1, 0.15) is 0 Å². The van der Waals surface area contributed by atoms with Crippen LogP contribution >= 0.6 is 0 Å². The number of hydrogen-bond donors (Lipinski definition) is 1. The van der Waals surface area contributed by atoms with Gasteiger partial charge in [-0.15, -0.1) is 0 Å². The van der Waals surface area contributed by atoms with E-state index in [9.17, 15) is 0 Å². The Labute approximate surface area is 73.1 Å². The number of rotatable bonds is 4. The molecule has 66 valence electrons. The Hall–Kier alpha value is -1.09. The third kappa shape index (κ3) is 2.88. The van der Waals surface area contributed by atoms with Gasteiger partial charge in [0, 0.05) is 31.9 Å². The Morgan fingerprint density at radius 1 is 1.75 bits per heavy atom. The fraction of sp³-hybridized carbons (Fsp3) is 0.444. The van der Waals surface area contributed by atoms with Crippen LogP contribution in [0.2, 0.25) is 0 Å². The van der Waals surface area contributed by atoms with E-state index in [1.165, 1.54) is 5.56 Å². The summed E-state index contributed by atoms with van der Waals surface area (Å²) in [4.78, 5) is 0.